The Kier molecular flexibility index (Phi) is 3.38. The van der Waals surface area contributed by atoms with E-state index in [2.05, 4.69) is 0 Å². The van der Waals surface area contributed by atoms with E-state index >= 15 is 0 Å². The molecular weight excluding hydrogens is 184 g/mol. The number of hydrogen-bond donors (Lipinski definition) is 1. The van der Waals surface area contributed by atoms with E-state index in [1.54, 1.807) is 18.2 Å². The summed E-state index contributed by atoms with van der Waals surface area (Å²) in [6, 6.07) is 5.10. The van der Waals surface area contributed by atoms with E-state index in [1.165, 1.54) is 0 Å². The summed E-state index contributed by atoms with van der Waals surface area (Å²) in [6.45, 7) is 3.98. The molecule has 1 aromatic rings. The molecule has 1 unspecified atom stereocenters. The van der Waals surface area contributed by atoms with Crippen LogP contribution >= 0.6 is 11.6 Å². The van der Waals surface area contributed by atoms with Crippen molar-refractivity contribution in [1.82, 2.24) is 0 Å². The van der Waals surface area contributed by atoms with Crippen LogP contribution in [0, 0.1) is 0 Å². The number of rotatable bonds is 2. The lowest BCUT2D eigenvalue weighted by atomic mass is 10.00. The van der Waals surface area contributed by atoms with Crippen molar-refractivity contribution in [2.24, 2.45) is 0 Å². The van der Waals surface area contributed by atoms with E-state index in [0.717, 1.165) is 5.56 Å². The normalized spacial score (nSPS) is 13.5. The molecule has 0 amide bonds. The lowest BCUT2D eigenvalue weighted by molar-refractivity contribution is 0.466. The molecule has 1 aromatic carbocycles. The lowest BCUT2D eigenvalue weighted by Crippen LogP contribution is -1.89. The molecule has 0 saturated carbocycles. The Morgan fingerprint density at radius 1 is 1.46 bits per heavy atom. The monoisotopic (exact) mass is 196 g/mol. The van der Waals surface area contributed by atoms with Crippen LogP contribution in [-0.2, 0) is 0 Å². The quantitative estimate of drug-likeness (QED) is 0.715. The highest BCUT2D eigenvalue weighted by atomic mass is 35.5. The fraction of sp³-hybridized carbons (Fsp3) is 0.273. The highest BCUT2D eigenvalue weighted by molar-refractivity contribution is 6.30. The van der Waals surface area contributed by atoms with Crippen LogP contribution in [0.25, 0.3) is 0 Å². The Bertz CT molecular complexity index is 318. The minimum Gasteiger partial charge on any atom is -0.508 e. The molecular formula is C11H13ClO. The van der Waals surface area contributed by atoms with Gasteiger partial charge in [-0.05, 0) is 25.1 Å². The maximum Gasteiger partial charge on any atom is 0.119 e. The van der Waals surface area contributed by atoms with Crippen molar-refractivity contribution in [3.05, 3.63) is 40.9 Å². The molecule has 0 aliphatic carbocycles. The maximum atomic E-state index is 9.54. The SMILES string of the molecule is CC=CC(C)c1cc(Cl)ccc1O. The number of phenolic OH excluding ortho intramolecular Hbond substituents is 1. The van der Waals surface area contributed by atoms with E-state index < -0.39 is 0 Å². The van der Waals surface area contributed by atoms with Crippen molar-refractivity contribution in [1.29, 1.82) is 0 Å². The van der Waals surface area contributed by atoms with Gasteiger partial charge in [0.2, 0.25) is 0 Å². The molecule has 0 saturated heterocycles. The molecule has 2 heteroatoms. The summed E-state index contributed by atoms with van der Waals surface area (Å²) in [5, 5.41) is 10.2. The third-order valence-electron chi connectivity index (χ3n) is 1.96. The molecule has 13 heavy (non-hydrogen) atoms. The van der Waals surface area contributed by atoms with E-state index in [-0.39, 0.29) is 5.92 Å². The van der Waals surface area contributed by atoms with Gasteiger partial charge in [0.05, 0.1) is 0 Å². The molecule has 1 atom stereocenters. The smallest absolute Gasteiger partial charge is 0.119 e. The third kappa shape index (κ3) is 2.49. The Balaban J connectivity index is 3.05. The summed E-state index contributed by atoms with van der Waals surface area (Å²) < 4.78 is 0. The molecule has 0 radical (unpaired) electrons. The van der Waals surface area contributed by atoms with Crippen LogP contribution in [0.1, 0.15) is 25.3 Å². The molecule has 0 fully saturated rings. The standard InChI is InChI=1S/C11H13ClO/c1-3-4-8(2)10-7-9(12)5-6-11(10)13/h3-8,13H,1-2H3. The highest BCUT2D eigenvalue weighted by Gasteiger charge is 2.07. The van der Waals surface area contributed by atoms with Crippen LogP contribution in [0.15, 0.2) is 30.4 Å². The van der Waals surface area contributed by atoms with Gasteiger partial charge in [-0.25, -0.2) is 0 Å². The number of aromatic hydroxyl groups is 1. The van der Waals surface area contributed by atoms with Gasteiger partial charge in [-0.15, -0.1) is 0 Å². The summed E-state index contributed by atoms with van der Waals surface area (Å²) in [5.41, 5.74) is 0.866. The summed E-state index contributed by atoms with van der Waals surface area (Å²) in [7, 11) is 0. The van der Waals surface area contributed by atoms with Gasteiger partial charge in [0.25, 0.3) is 0 Å². The molecule has 0 aromatic heterocycles. The molecule has 0 aliphatic rings. The van der Waals surface area contributed by atoms with Crippen LogP contribution in [0.3, 0.4) is 0 Å². The first-order chi connectivity index (χ1) is 6.15. The molecule has 0 aliphatic heterocycles. The summed E-state index contributed by atoms with van der Waals surface area (Å²) in [5.74, 6) is 0.499. The summed E-state index contributed by atoms with van der Waals surface area (Å²) in [4.78, 5) is 0. The van der Waals surface area contributed by atoms with Crippen LogP contribution in [0.2, 0.25) is 5.02 Å². The average Bonchev–Trinajstić information content (AvgIpc) is 2.09. The Hall–Kier alpha value is -0.950. The fourth-order valence-electron chi connectivity index (χ4n) is 1.28. The number of halogens is 1. The zero-order chi connectivity index (χ0) is 9.84. The van der Waals surface area contributed by atoms with Crippen molar-refractivity contribution >= 4 is 11.6 Å². The minimum absolute atomic E-state index is 0.198. The van der Waals surface area contributed by atoms with Crippen LogP contribution in [0.4, 0.5) is 0 Å². The number of benzene rings is 1. The van der Waals surface area contributed by atoms with Gasteiger partial charge in [0.1, 0.15) is 5.75 Å². The van der Waals surface area contributed by atoms with Gasteiger partial charge in [0, 0.05) is 16.5 Å². The number of allylic oxidation sites excluding steroid dienone is 2. The van der Waals surface area contributed by atoms with Gasteiger partial charge in [-0.3, -0.25) is 0 Å². The molecule has 0 bridgehead atoms. The third-order valence-corrected chi connectivity index (χ3v) is 2.20. The Morgan fingerprint density at radius 3 is 2.77 bits per heavy atom. The van der Waals surface area contributed by atoms with Crippen molar-refractivity contribution in [2.75, 3.05) is 0 Å². The maximum absolute atomic E-state index is 9.54. The Labute approximate surface area is 83.7 Å². The van der Waals surface area contributed by atoms with Gasteiger partial charge in [-0.1, -0.05) is 30.7 Å². The molecule has 0 spiro atoms. The van der Waals surface area contributed by atoms with E-state index in [9.17, 15) is 5.11 Å². The van der Waals surface area contributed by atoms with E-state index in [1.807, 2.05) is 26.0 Å². The first kappa shape index (κ1) is 10.1. The average molecular weight is 197 g/mol. The second-order valence-electron chi connectivity index (χ2n) is 3.02. The summed E-state index contributed by atoms with van der Waals surface area (Å²) in [6.07, 6.45) is 3.98. The molecule has 70 valence electrons. The van der Waals surface area contributed by atoms with Crippen molar-refractivity contribution < 1.29 is 5.11 Å². The first-order valence-corrected chi connectivity index (χ1v) is 4.64. The fourth-order valence-corrected chi connectivity index (χ4v) is 1.46. The molecule has 1 N–H and O–H groups in total. The van der Waals surface area contributed by atoms with E-state index in [0.29, 0.717) is 10.8 Å². The molecule has 0 heterocycles. The van der Waals surface area contributed by atoms with Crippen molar-refractivity contribution in [3.63, 3.8) is 0 Å². The molecule has 1 rings (SSSR count). The number of hydrogen-bond acceptors (Lipinski definition) is 1. The largest absolute Gasteiger partial charge is 0.508 e. The van der Waals surface area contributed by atoms with Gasteiger partial charge in [-0.2, -0.15) is 0 Å². The molecule has 1 nitrogen and oxygen atoms in total. The predicted octanol–water partition coefficient (Wildman–Crippen LogP) is 3.73. The predicted molar refractivity (Wildman–Crippen MR) is 56.3 cm³/mol. The minimum atomic E-state index is 0.198. The highest BCUT2D eigenvalue weighted by Crippen LogP contribution is 2.29. The second-order valence-corrected chi connectivity index (χ2v) is 3.45. The van der Waals surface area contributed by atoms with Gasteiger partial charge in [0.15, 0.2) is 0 Å². The Morgan fingerprint density at radius 2 is 2.15 bits per heavy atom. The first-order valence-electron chi connectivity index (χ1n) is 4.26. The summed E-state index contributed by atoms with van der Waals surface area (Å²) >= 11 is 5.83. The van der Waals surface area contributed by atoms with Crippen LogP contribution < -0.4 is 0 Å². The topological polar surface area (TPSA) is 20.2 Å². The van der Waals surface area contributed by atoms with Gasteiger partial charge >= 0.3 is 0 Å². The van der Waals surface area contributed by atoms with Crippen molar-refractivity contribution in [3.8, 4) is 5.75 Å². The van der Waals surface area contributed by atoms with Gasteiger partial charge < -0.3 is 5.11 Å². The zero-order valence-electron chi connectivity index (χ0n) is 7.79. The zero-order valence-corrected chi connectivity index (χ0v) is 8.55. The van der Waals surface area contributed by atoms with Crippen LogP contribution in [-0.4, -0.2) is 5.11 Å². The lowest BCUT2D eigenvalue weighted by Gasteiger charge is -2.09. The second kappa shape index (κ2) is 4.33. The number of phenols is 1. The van der Waals surface area contributed by atoms with Crippen molar-refractivity contribution in [2.45, 2.75) is 19.8 Å². The van der Waals surface area contributed by atoms with E-state index in [4.69, 9.17) is 11.6 Å². The van der Waals surface area contributed by atoms with Crippen LogP contribution in [0.5, 0.6) is 5.75 Å².